The molecule has 0 aliphatic carbocycles. The van der Waals surface area contributed by atoms with Crippen molar-refractivity contribution in [3.8, 4) is 0 Å². The van der Waals surface area contributed by atoms with Gasteiger partial charge in [0, 0.05) is 10.6 Å². The van der Waals surface area contributed by atoms with Crippen LogP contribution < -0.4 is 0 Å². The van der Waals surface area contributed by atoms with E-state index in [1.54, 1.807) is 11.3 Å². The molecule has 19 heavy (non-hydrogen) atoms. The van der Waals surface area contributed by atoms with E-state index in [9.17, 15) is 4.79 Å². The van der Waals surface area contributed by atoms with Crippen molar-refractivity contribution in [2.75, 3.05) is 5.75 Å². The molecule has 4 heteroatoms. The number of ether oxygens (including phenoxy) is 1. The van der Waals surface area contributed by atoms with Gasteiger partial charge in [-0.3, -0.25) is 0 Å². The molecule has 1 heterocycles. The Morgan fingerprint density at radius 1 is 1.26 bits per heavy atom. The predicted molar refractivity (Wildman–Crippen MR) is 81.7 cm³/mol. The van der Waals surface area contributed by atoms with E-state index in [0.717, 1.165) is 16.4 Å². The second kappa shape index (κ2) is 7.36. The van der Waals surface area contributed by atoms with Crippen LogP contribution in [-0.4, -0.2) is 11.7 Å². The summed E-state index contributed by atoms with van der Waals surface area (Å²) in [6, 6.07) is 11.6. The zero-order valence-corrected chi connectivity index (χ0v) is 12.4. The lowest BCUT2D eigenvalue weighted by Crippen LogP contribution is -2.04. The maximum absolute atomic E-state index is 11.8. The number of esters is 1. The van der Waals surface area contributed by atoms with E-state index in [1.807, 2.05) is 53.5 Å². The molecule has 1 aromatic carbocycles. The Bertz CT molecular complexity index is 503. The lowest BCUT2D eigenvalue weighted by molar-refractivity contribution is 0.0477. The van der Waals surface area contributed by atoms with Crippen LogP contribution in [0.3, 0.4) is 0 Å². The first-order chi connectivity index (χ1) is 9.29. The van der Waals surface area contributed by atoms with Crippen molar-refractivity contribution >= 4 is 29.1 Å². The van der Waals surface area contributed by atoms with Crippen LogP contribution in [0.4, 0.5) is 0 Å². The first kappa shape index (κ1) is 14.2. The molecule has 0 aliphatic rings. The lowest BCUT2D eigenvalue weighted by Gasteiger charge is -2.04. The average molecular weight is 292 g/mol. The van der Waals surface area contributed by atoms with Crippen molar-refractivity contribution in [1.29, 1.82) is 0 Å². The van der Waals surface area contributed by atoms with Crippen LogP contribution in [0, 0.1) is 0 Å². The molecule has 0 saturated carbocycles. The molecule has 1 aromatic heterocycles. The van der Waals surface area contributed by atoms with E-state index in [4.69, 9.17) is 4.74 Å². The summed E-state index contributed by atoms with van der Waals surface area (Å²) in [4.78, 5) is 12.9. The minimum atomic E-state index is -0.261. The SMILES string of the molecule is CCSCc1ccc(C(=O)OCc2cccs2)cc1. The van der Waals surface area contributed by atoms with Crippen molar-refractivity contribution in [3.05, 3.63) is 57.8 Å². The number of thioether (sulfide) groups is 1. The number of benzene rings is 1. The van der Waals surface area contributed by atoms with Gasteiger partial charge in [0.1, 0.15) is 6.61 Å². The molecular weight excluding hydrogens is 276 g/mol. The fourth-order valence-electron chi connectivity index (χ4n) is 1.57. The fraction of sp³-hybridized carbons (Fsp3) is 0.267. The number of carbonyl (C=O) groups excluding carboxylic acids is 1. The van der Waals surface area contributed by atoms with E-state index in [2.05, 4.69) is 6.92 Å². The number of carbonyl (C=O) groups is 1. The number of hydrogen-bond acceptors (Lipinski definition) is 4. The second-order valence-electron chi connectivity index (χ2n) is 3.99. The summed E-state index contributed by atoms with van der Waals surface area (Å²) >= 11 is 3.46. The Labute approximate surface area is 121 Å². The number of rotatable bonds is 6. The van der Waals surface area contributed by atoms with Gasteiger partial charge in [0.25, 0.3) is 0 Å². The van der Waals surface area contributed by atoms with Gasteiger partial charge in [-0.1, -0.05) is 25.1 Å². The van der Waals surface area contributed by atoms with E-state index in [1.165, 1.54) is 5.56 Å². The largest absolute Gasteiger partial charge is 0.456 e. The van der Waals surface area contributed by atoms with Crippen LogP contribution in [0.15, 0.2) is 41.8 Å². The number of thiophene rings is 1. The van der Waals surface area contributed by atoms with Crippen molar-refractivity contribution in [2.45, 2.75) is 19.3 Å². The Hall–Kier alpha value is -1.26. The molecule has 0 radical (unpaired) electrons. The standard InChI is InChI=1S/C15H16O2S2/c1-2-18-11-12-5-7-13(8-6-12)15(16)17-10-14-4-3-9-19-14/h3-9H,2,10-11H2,1H3. The monoisotopic (exact) mass is 292 g/mol. The maximum atomic E-state index is 11.8. The Morgan fingerprint density at radius 2 is 2.05 bits per heavy atom. The first-order valence-electron chi connectivity index (χ1n) is 6.16. The fourth-order valence-corrected chi connectivity index (χ4v) is 2.82. The van der Waals surface area contributed by atoms with Gasteiger partial charge in [-0.15, -0.1) is 11.3 Å². The smallest absolute Gasteiger partial charge is 0.338 e. The summed E-state index contributed by atoms with van der Waals surface area (Å²) in [5.41, 5.74) is 1.85. The molecule has 0 saturated heterocycles. The summed E-state index contributed by atoms with van der Waals surface area (Å²) in [7, 11) is 0. The molecule has 0 bridgehead atoms. The summed E-state index contributed by atoms with van der Waals surface area (Å²) < 4.78 is 5.26. The Morgan fingerprint density at radius 3 is 2.68 bits per heavy atom. The summed E-state index contributed by atoms with van der Waals surface area (Å²) in [6.45, 7) is 2.49. The molecule has 2 nitrogen and oxygen atoms in total. The molecule has 0 fully saturated rings. The summed E-state index contributed by atoms with van der Waals surface area (Å²) in [5, 5.41) is 1.98. The third-order valence-electron chi connectivity index (χ3n) is 2.59. The summed E-state index contributed by atoms with van der Waals surface area (Å²) in [5.74, 6) is 1.83. The average Bonchev–Trinajstić information content (AvgIpc) is 2.96. The minimum absolute atomic E-state index is 0.261. The van der Waals surface area contributed by atoms with Crippen molar-refractivity contribution in [1.82, 2.24) is 0 Å². The van der Waals surface area contributed by atoms with E-state index >= 15 is 0 Å². The number of hydrogen-bond donors (Lipinski definition) is 0. The third kappa shape index (κ3) is 4.40. The first-order valence-corrected chi connectivity index (χ1v) is 8.19. The van der Waals surface area contributed by atoms with Crippen LogP contribution in [0.5, 0.6) is 0 Å². The quantitative estimate of drug-likeness (QED) is 0.740. The zero-order chi connectivity index (χ0) is 13.5. The zero-order valence-electron chi connectivity index (χ0n) is 10.8. The minimum Gasteiger partial charge on any atom is -0.456 e. The molecule has 0 atom stereocenters. The normalized spacial score (nSPS) is 10.4. The predicted octanol–water partition coefficient (Wildman–Crippen LogP) is 4.36. The highest BCUT2D eigenvalue weighted by molar-refractivity contribution is 7.98. The van der Waals surface area contributed by atoms with Gasteiger partial charge in [0.05, 0.1) is 5.56 Å². The molecule has 0 unspecified atom stereocenters. The highest BCUT2D eigenvalue weighted by atomic mass is 32.2. The van der Waals surface area contributed by atoms with Gasteiger partial charge in [-0.05, 0) is 34.9 Å². The topological polar surface area (TPSA) is 26.3 Å². The van der Waals surface area contributed by atoms with Gasteiger partial charge in [-0.2, -0.15) is 11.8 Å². The van der Waals surface area contributed by atoms with Crippen molar-refractivity contribution in [3.63, 3.8) is 0 Å². The molecule has 0 amide bonds. The van der Waals surface area contributed by atoms with Gasteiger partial charge < -0.3 is 4.74 Å². The molecule has 0 spiro atoms. The molecule has 100 valence electrons. The van der Waals surface area contributed by atoms with Gasteiger partial charge in [-0.25, -0.2) is 4.79 Å². The summed E-state index contributed by atoms with van der Waals surface area (Å²) in [6.07, 6.45) is 0. The van der Waals surface area contributed by atoms with Gasteiger partial charge in [0.15, 0.2) is 0 Å². The van der Waals surface area contributed by atoms with E-state index in [0.29, 0.717) is 12.2 Å². The van der Waals surface area contributed by atoms with Crippen LogP contribution in [0.1, 0.15) is 27.7 Å². The third-order valence-corrected chi connectivity index (χ3v) is 4.38. The van der Waals surface area contributed by atoms with Crippen LogP contribution in [0.25, 0.3) is 0 Å². The van der Waals surface area contributed by atoms with Crippen LogP contribution >= 0.6 is 23.1 Å². The molecule has 2 rings (SSSR count). The highest BCUT2D eigenvalue weighted by Gasteiger charge is 2.07. The van der Waals surface area contributed by atoms with Crippen molar-refractivity contribution < 1.29 is 9.53 Å². The second-order valence-corrected chi connectivity index (χ2v) is 6.30. The molecule has 2 aromatic rings. The van der Waals surface area contributed by atoms with E-state index < -0.39 is 0 Å². The lowest BCUT2D eigenvalue weighted by atomic mass is 10.1. The Balaban J connectivity index is 1.88. The van der Waals surface area contributed by atoms with Crippen molar-refractivity contribution in [2.24, 2.45) is 0 Å². The van der Waals surface area contributed by atoms with Gasteiger partial charge >= 0.3 is 5.97 Å². The van der Waals surface area contributed by atoms with Gasteiger partial charge in [0.2, 0.25) is 0 Å². The highest BCUT2D eigenvalue weighted by Crippen LogP contribution is 2.14. The maximum Gasteiger partial charge on any atom is 0.338 e. The van der Waals surface area contributed by atoms with Crippen LogP contribution in [-0.2, 0) is 17.1 Å². The molecular formula is C15H16O2S2. The Kier molecular flexibility index (Phi) is 5.48. The van der Waals surface area contributed by atoms with E-state index in [-0.39, 0.29) is 5.97 Å². The molecule has 0 N–H and O–H groups in total. The molecule has 0 aliphatic heterocycles. The van der Waals surface area contributed by atoms with Crippen LogP contribution in [0.2, 0.25) is 0 Å².